The maximum absolute atomic E-state index is 11.6. The Kier molecular flexibility index (Phi) is 3.53. The highest BCUT2D eigenvalue weighted by atomic mass is 32.2. The van der Waals surface area contributed by atoms with E-state index in [1.54, 1.807) is 0 Å². The smallest absolute Gasteiger partial charge is 0.150 e. The van der Waals surface area contributed by atoms with Gasteiger partial charge in [-0.2, -0.15) is 5.10 Å². The zero-order valence-corrected chi connectivity index (χ0v) is 10.9. The van der Waals surface area contributed by atoms with Crippen molar-refractivity contribution in [3.05, 3.63) is 18.0 Å². The summed E-state index contributed by atoms with van der Waals surface area (Å²) in [5.41, 5.74) is 6.37. The van der Waals surface area contributed by atoms with Crippen LogP contribution in [0.4, 0.5) is 0 Å². The van der Waals surface area contributed by atoms with Crippen LogP contribution in [0.15, 0.2) is 12.3 Å². The molecule has 0 aliphatic heterocycles. The standard InChI is InChI=1S/C11H19N3O2S/c1-17(15,16)11-4-2-3-10(7-11)14-6-5-9(8-12)13-14/h5-6,10-11H,2-4,7-8,12H2,1H3. The van der Waals surface area contributed by atoms with Gasteiger partial charge in [-0.15, -0.1) is 0 Å². The van der Waals surface area contributed by atoms with E-state index >= 15 is 0 Å². The monoisotopic (exact) mass is 257 g/mol. The van der Waals surface area contributed by atoms with Crippen molar-refractivity contribution in [1.29, 1.82) is 0 Å². The van der Waals surface area contributed by atoms with E-state index in [1.807, 2.05) is 16.9 Å². The Morgan fingerprint density at radius 2 is 2.29 bits per heavy atom. The van der Waals surface area contributed by atoms with Gasteiger partial charge < -0.3 is 5.73 Å². The third-order valence-electron chi connectivity index (χ3n) is 3.45. The number of nitrogens with zero attached hydrogens (tertiary/aromatic N) is 2. The summed E-state index contributed by atoms with van der Waals surface area (Å²) in [6, 6.07) is 2.09. The van der Waals surface area contributed by atoms with Crippen LogP contribution < -0.4 is 5.73 Å². The lowest BCUT2D eigenvalue weighted by Crippen LogP contribution is -2.29. The van der Waals surface area contributed by atoms with E-state index in [9.17, 15) is 8.42 Å². The number of rotatable bonds is 3. The van der Waals surface area contributed by atoms with Crippen molar-refractivity contribution in [1.82, 2.24) is 9.78 Å². The van der Waals surface area contributed by atoms with Gasteiger partial charge in [0.15, 0.2) is 0 Å². The first kappa shape index (κ1) is 12.6. The molecular formula is C11H19N3O2S. The van der Waals surface area contributed by atoms with E-state index in [2.05, 4.69) is 5.10 Å². The summed E-state index contributed by atoms with van der Waals surface area (Å²) in [6.07, 6.45) is 6.62. The van der Waals surface area contributed by atoms with E-state index in [-0.39, 0.29) is 11.3 Å². The Hall–Kier alpha value is -0.880. The van der Waals surface area contributed by atoms with Gasteiger partial charge in [0.25, 0.3) is 0 Å². The molecule has 0 radical (unpaired) electrons. The zero-order valence-electron chi connectivity index (χ0n) is 10.0. The van der Waals surface area contributed by atoms with E-state index < -0.39 is 9.84 Å². The summed E-state index contributed by atoms with van der Waals surface area (Å²) >= 11 is 0. The summed E-state index contributed by atoms with van der Waals surface area (Å²) in [7, 11) is -2.93. The van der Waals surface area contributed by atoms with E-state index in [4.69, 9.17) is 5.73 Å². The van der Waals surface area contributed by atoms with Crippen molar-refractivity contribution in [2.45, 2.75) is 43.5 Å². The first-order chi connectivity index (χ1) is 8.00. The molecule has 1 aromatic rings. The van der Waals surface area contributed by atoms with Gasteiger partial charge in [0.1, 0.15) is 9.84 Å². The second kappa shape index (κ2) is 4.78. The second-order valence-corrected chi connectivity index (χ2v) is 7.09. The Morgan fingerprint density at radius 3 is 2.88 bits per heavy atom. The summed E-state index contributed by atoms with van der Waals surface area (Å²) in [5, 5.41) is 4.15. The molecule has 2 rings (SSSR count). The molecule has 2 N–H and O–H groups in total. The molecule has 1 fully saturated rings. The topological polar surface area (TPSA) is 78.0 Å². The van der Waals surface area contributed by atoms with Gasteiger partial charge in [0.05, 0.1) is 17.0 Å². The van der Waals surface area contributed by atoms with Gasteiger partial charge in [-0.3, -0.25) is 4.68 Å². The average molecular weight is 257 g/mol. The molecule has 0 amide bonds. The Morgan fingerprint density at radius 1 is 1.53 bits per heavy atom. The average Bonchev–Trinajstić information content (AvgIpc) is 2.76. The molecular weight excluding hydrogens is 238 g/mol. The van der Waals surface area contributed by atoms with Crippen LogP contribution in [0.1, 0.15) is 37.4 Å². The second-order valence-electron chi connectivity index (χ2n) is 4.76. The molecule has 5 nitrogen and oxygen atoms in total. The van der Waals surface area contributed by atoms with Crippen LogP contribution in [0.5, 0.6) is 0 Å². The normalized spacial score (nSPS) is 26.0. The van der Waals surface area contributed by atoms with E-state index in [0.717, 1.165) is 25.0 Å². The van der Waals surface area contributed by atoms with Crippen LogP contribution in [-0.4, -0.2) is 29.7 Å². The van der Waals surface area contributed by atoms with Gasteiger partial charge in [0.2, 0.25) is 0 Å². The summed E-state index contributed by atoms with van der Waals surface area (Å²) in [6.45, 7) is 0.426. The van der Waals surface area contributed by atoms with Gasteiger partial charge in [-0.25, -0.2) is 8.42 Å². The molecule has 0 saturated heterocycles. The SMILES string of the molecule is CS(=O)(=O)C1CCCC(n2ccc(CN)n2)C1. The molecule has 96 valence electrons. The largest absolute Gasteiger partial charge is 0.325 e. The van der Waals surface area contributed by atoms with Crippen molar-refractivity contribution in [2.75, 3.05) is 6.26 Å². The molecule has 6 heteroatoms. The highest BCUT2D eigenvalue weighted by molar-refractivity contribution is 7.91. The van der Waals surface area contributed by atoms with Gasteiger partial charge in [0, 0.05) is 19.0 Å². The van der Waals surface area contributed by atoms with Crippen LogP contribution in [0.25, 0.3) is 0 Å². The molecule has 1 heterocycles. The van der Waals surface area contributed by atoms with Crippen LogP contribution in [-0.2, 0) is 16.4 Å². The minimum atomic E-state index is -2.93. The molecule has 0 bridgehead atoms. The van der Waals surface area contributed by atoms with Gasteiger partial charge in [-0.1, -0.05) is 6.42 Å². The summed E-state index contributed by atoms with van der Waals surface area (Å²) < 4.78 is 25.0. The van der Waals surface area contributed by atoms with Crippen molar-refractivity contribution in [2.24, 2.45) is 5.73 Å². The first-order valence-corrected chi connectivity index (χ1v) is 7.89. The quantitative estimate of drug-likeness (QED) is 0.871. The number of hydrogen-bond donors (Lipinski definition) is 1. The maximum Gasteiger partial charge on any atom is 0.150 e. The fourth-order valence-corrected chi connectivity index (χ4v) is 3.61. The number of nitrogens with two attached hydrogens (primary N) is 1. The molecule has 2 unspecified atom stereocenters. The van der Waals surface area contributed by atoms with Crippen LogP contribution >= 0.6 is 0 Å². The summed E-state index contributed by atoms with van der Waals surface area (Å²) in [4.78, 5) is 0. The predicted octanol–water partition coefficient (Wildman–Crippen LogP) is 0.870. The van der Waals surface area contributed by atoms with E-state index in [0.29, 0.717) is 13.0 Å². The number of sulfone groups is 1. The molecule has 17 heavy (non-hydrogen) atoms. The fraction of sp³-hybridized carbons (Fsp3) is 0.727. The Labute approximate surface area is 102 Å². The first-order valence-electron chi connectivity index (χ1n) is 5.93. The highest BCUT2D eigenvalue weighted by Gasteiger charge is 2.29. The third-order valence-corrected chi connectivity index (χ3v) is 5.09. The van der Waals surface area contributed by atoms with Gasteiger partial charge >= 0.3 is 0 Å². The maximum atomic E-state index is 11.6. The molecule has 1 aromatic heterocycles. The van der Waals surface area contributed by atoms with Crippen LogP contribution in [0, 0.1) is 0 Å². The van der Waals surface area contributed by atoms with Crippen molar-refractivity contribution >= 4 is 9.84 Å². The molecule has 1 aliphatic rings. The minimum absolute atomic E-state index is 0.198. The lowest BCUT2D eigenvalue weighted by Gasteiger charge is -2.28. The molecule has 0 aromatic carbocycles. The van der Waals surface area contributed by atoms with Crippen molar-refractivity contribution in [3.8, 4) is 0 Å². The Balaban J connectivity index is 2.12. The van der Waals surface area contributed by atoms with E-state index in [1.165, 1.54) is 6.26 Å². The molecule has 1 saturated carbocycles. The predicted molar refractivity (Wildman–Crippen MR) is 66.3 cm³/mol. The van der Waals surface area contributed by atoms with Crippen LogP contribution in [0.2, 0.25) is 0 Å². The third kappa shape index (κ3) is 2.87. The van der Waals surface area contributed by atoms with Crippen molar-refractivity contribution in [3.63, 3.8) is 0 Å². The lowest BCUT2D eigenvalue weighted by atomic mass is 9.95. The van der Waals surface area contributed by atoms with Crippen LogP contribution in [0.3, 0.4) is 0 Å². The molecule has 1 aliphatic carbocycles. The minimum Gasteiger partial charge on any atom is -0.325 e. The van der Waals surface area contributed by atoms with Gasteiger partial charge in [-0.05, 0) is 25.3 Å². The number of aromatic nitrogens is 2. The lowest BCUT2D eigenvalue weighted by molar-refractivity contribution is 0.328. The van der Waals surface area contributed by atoms with Crippen molar-refractivity contribution < 1.29 is 8.42 Å². The zero-order chi connectivity index (χ0) is 12.5. The summed E-state index contributed by atoms with van der Waals surface area (Å²) in [5.74, 6) is 0. The number of hydrogen-bond acceptors (Lipinski definition) is 4. The Bertz CT molecular complexity index is 481. The molecule has 0 spiro atoms. The molecule has 2 atom stereocenters. The highest BCUT2D eigenvalue weighted by Crippen LogP contribution is 2.31. The fourth-order valence-electron chi connectivity index (χ4n) is 2.44.